The van der Waals surface area contributed by atoms with Gasteiger partial charge in [0.05, 0.1) is 13.2 Å². The van der Waals surface area contributed by atoms with Gasteiger partial charge >= 0.3 is 13.8 Å². The van der Waals surface area contributed by atoms with Crippen LogP contribution in [-0.2, 0) is 27.9 Å². The molecule has 0 aliphatic heterocycles. The van der Waals surface area contributed by atoms with E-state index in [9.17, 15) is 24.2 Å². The summed E-state index contributed by atoms with van der Waals surface area (Å²) in [5.41, 5.74) is 0. The van der Waals surface area contributed by atoms with Crippen molar-refractivity contribution in [1.82, 2.24) is 5.32 Å². The molecule has 0 saturated heterocycles. The number of carbonyl (C=O) groups is 2. The third kappa shape index (κ3) is 37.1. The minimum Gasteiger partial charge on any atom is -0.463 e. The largest absolute Gasteiger partial charge is 0.472 e. The summed E-state index contributed by atoms with van der Waals surface area (Å²) in [6.07, 6.45) is 38.9. The number of hydrogen-bond acceptors (Lipinski definition) is 7. The maximum atomic E-state index is 12.0. The summed E-state index contributed by atoms with van der Waals surface area (Å²) in [5.74, 6) is -0.547. The highest BCUT2D eigenvalue weighted by molar-refractivity contribution is 7.47. The Bertz CT molecular complexity index is 949. The zero-order valence-corrected chi connectivity index (χ0v) is 31.8. The Labute approximate surface area is 298 Å². The molecule has 3 N–H and O–H groups in total. The lowest BCUT2D eigenvalue weighted by Crippen LogP contribution is -2.27. The van der Waals surface area contributed by atoms with Crippen molar-refractivity contribution < 1.29 is 37.9 Å². The Morgan fingerprint density at radius 2 is 1.16 bits per heavy atom. The number of nitrogens with one attached hydrogen (secondary N) is 1. The normalized spacial score (nSPS) is 14.0. The number of aliphatic hydroxyl groups excluding tert-OH is 1. The predicted molar refractivity (Wildman–Crippen MR) is 201 cm³/mol. The van der Waals surface area contributed by atoms with Gasteiger partial charge in [0.2, 0.25) is 5.91 Å². The fourth-order valence-electron chi connectivity index (χ4n) is 4.86. The van der Waals surface area contributed by atoms with Gasteiger partial charge in [-0.05, 0) is 70.6 Å². The van der Waals surface area contributed by atoms with Crippen LogP contribution in [-0.4, -0.2) is 54.3 Å². The second-order valence-corrected chi connectivity index (χ2v) is 14.0. The molecule has 2 atom stereocenters. The van der Waals surface area contributed by atoms with Crippen molar-refractivity contribution in [3.63, 3.8) is 0 Å². The molecular weight excluding hydrogens is 641 g/mol. The third-order valence-electron chi connectivity index (χ3n) is 7.74. The second-order valence-electron chi connectivity index (χ2n) is 12.5. The van der Waals surface area contributed by atoms with Crippen molar-refractivity contribution in [3.8, 4) is 0 Å². The molecule has 0 aliphatic rings. The first-order valence-electron chi connectivity index (χ1n) is 19.1. The van der Waals surface area contributed by atoms with Crippen molar-refractivity contribution in [2.45, 2.75) is 161 Å². The lowest BCUT2D eigenvalue weighted by atomic mass is 10.1. The van der Waals surface area contributed by atoms with Gasteiger partial charge in [0.25, 0.3) is 0 Å². The van der Waals surface area contributed by atoms with E-state index in [4.69, 9.17) is 13.8 Å². The number of phosphoric ester groups is 1. The monoisotopic (exact) mass is 711 g/mol. The van der Waals surface area contributed by atoms with Crippen LogP contribution in [0.5, 0.6) is 0 Å². The summed E-state index contributed by atoms with van der Waals surface area (Å²) in [5, 5.41) is 12.6. The molecule has 0 fully saturated rings. The van der Waals surface area contributed by atoms with Crippen molar-refractivity contribution in [2.75, 3.05) is 26.4 Å². The Kier molecular flexibility index (Phi) is 34.3. The smallest absolute Gasteiger partial charge is 0.463 e. The van der Waals surface area contributed by atoms with E-state index in [0.29, 0.717) is 6.42 Å². The molecule has 9 nitrogen and oxygen atoms in total. The zero-order chi connectivity index (χ0) is 36.1. The quantitative estimate of drug-likeness (QED) is 0.0256. The number of unbranched alkanes of at least 4 members (excludes halogenated alkanes) is 14. The molecular formula is C39H70NO8P. The molecule has 0 saturated carbocycles. The Hall–Kier alpha value is -2.03. The maximum absolute atomic E-state index is 12.0. The molecule has 49 heavy (non-hydrogen) atoms. The van der Waals surface area contributed by atoms with Gasteiger partial charge in [0, 0.05) is 19.4 Å². The van der Waals surface area contributed by atoms with E-state index in [-0.39, 0.29) is 32.1 Å². The van der Waals surface area contributed by atoms with Crippen molar-refractivity contribution in [3.05, 3.63) is 48.6 Å². The van der Waals surface area contributed by atoms with Crippen LogP contribution >= 0.6 is 7.82 Å². The van der Waals surface area contributed by atoms with E-state index in [1.165, 1.54) is 32.1 Å². The summed E-state index contributed by atoms with van der Waals surface area (Å²) < 4.78 is 26.7. The average Bonchev–Trinajstić information content (AvgIpc) is 3.08. The predicted octanol–water partition coefficient (Wildman–Crippen LogP) is 9.99. The molecule has 2 unspecified atom stereocenters. The Morgan fingerprint density at radius 3 is 1.78 bits per heavy atom. The molecule has 0 spiro atoms. The van der Waals surface area contributed by atoms with Crippen LogP contribution in [0.3, 0.4) is 0 Å². The van der Waals surface area contributed by atoms with Gasteiger partial charge in [-0.1, -0.05) is 120 Å². The van der Waals surface area contributed by atoms with Gasteiger partial charge in [0.15, 0.2) is 0 Å². The number of rotatable bonds is 35. The van der Waals surface area contributed by atoms with Crippen molar-refractivity contribution in [2.24, 2.45) is 0 Å². The first kappa shape index (κ1) is 47.0. The molecule has 0 aromatic carbocycles. The summed E-state index contributed by atoms with van der Waals surface area (Å²) >= 11 is 0. The zero-order valence-electron chi connectivity index (χ0n) is 30.9. The number of hydrogen-bond donors (Lipinski definition) is 3. The summed E-state index contributed by atoms with van der Waals surface area (Å²) in [6.45, 7) is 3.37. The molecule has 0 bridgehead atoms. The number of ether oxygens (including phenoxy) is 1. The second kappa shape index (κ2) is 35.8. The van der Waals surface area contributed by atoms with Gasteiger partial charge in [-0.25, -0.2) is 4.57 Å². The van der Waals surface area contributed by atoms with Crippen LogP contribution in [0.2, 0.25) is 0 Å². The number of esters is 1. The van der Waals surface area contributed by atoms with Crippen molar-refractivity contribution in [1.29, 1.82) is 0 Å². The highest BCUT2D eigenvalue weighted by Gasteiger charge is 2.23. The highest BCUT2D eigenvalue weighted by Crippen LogP contribution is 2.42. The van der Waals surface area contributed by atoms with Crippen LogP contribution in [0, 0.1) is 0 Å². The Balaban J connectivity index is 3.67. The maximum Gasteiger partial charge on any atom is 0.472 e. The van der Waals surface area contributed by atoms with Gasteiger partial charge < -0.3 is 20.1 Å². The Morgan fingerprint density at radius 1 is 0.653 bits per heavy atom. The molecule has 284 valence electrons. The van der Waals surface area contributed by atoms with Crippen LogP contribution in [0.15, 0.2) is 48.6 Å². The molecule has 0 aromatic heterocycles. The minimum atomic E-state index is -4.42. The number of carbonyl (C=O) groups excluding carboxylic acids is 2. The van der Waals surface area contributed by atoms with Crippen LogP contribution in [0.25, 0.3) is 0 Å². The molecule has 0 rings (SSSR count). The number of aliphatic hydroxyl groups is 1. The van der Waals surface area contributed by atoms with Gasteiger partial charge in [-0.2, -0.15) is 0 Å². The average molecular weight is 712 g/mol. The number of allylic oxidation sites excluding steroid dienone is 8. The van der Waals surface area contributed by atoms with Crippen LogP contribution in [0.1, 0.15) is 155 Å². The molecule has 0 heterocycles. The van der Waals surface area contributed by atoms with E-state index in [0.717, 1.165) is 96.3 Å². The molecule has 10 heteroatoms. The highest BCUT2D eigenvalue weighted by atomic mass is 31.2. The third-order valence-corrected chi connectivity index (χ3v) is 8.73. The summed E-state index contributed by atoms with van der Waals surface area (Å²) in [7, 11) is -4.42. The van der Waals surface area contributed by atoms with E-state index < -0.39 is 26.5 Å². The molecule has 0 radical (unpaired) electrons. The first-order chi connectivity index (χ1) is 23.8. The molecule has 1 amide bonds. The van der Waals surface area contributed by atoms with Gasteiger partial charge in [-0.3, -0.25) is 18.6 Å². The first-order valence-corrected chi connectivity index (χ1v) is 20.6. The summed E-state index contributed by atoms with van der Waals surface area (Å²) in [6, 6.07) is 0. The van der Waals surface area contributed by atoms with Gasteiger partial charge in [0.1, 0.15) is 12.7 Å². The molecule has 0 aromatic rings. The number of phosphoric acid groups is 1. The van der Waals surface area contributed by atoms with E-state index in [1.807, 2.05) is 0 Å². The topological polar surface area (TPSA) is 131 Å². The van der Waals surface area contributed by atoms with E-state index in [1.54, 1.807) is 0 Å². The lowest BCUT2D eigenvalue weighted by Gasteiger charge is -2.15. The summed E-state index contributed by atoms with van der Waals surface area (Å²) in [4.78, 5) is 33.7. The van der Waals surface area contributed by atoms with E-state index >= 15 is 0 Å². The fourth-order valence-corrected chi connectivity index (χ4v) is 5.61. The lowest BCUT2D eigenvalue weighted by molar-refractivity contribution is -0.147. The minimum absolute atomic E-state index is 0.0696. The number of amides is 1. The van der Waals surface area contributed by atoms with Crippen LogP contribution in [0.4, 0.5) is 0 Å². The van der Waals surface area contributed by atoms with E-state index in [2.05, 4.69) is 67.8 Å². The molecule has 0 aliphatic carbocycles. The van der Waals surface area contributed by atoms with Crippen LogP contribution < -0.4 is 5.32 Å². The van der Waals surface area contributed by atoms with Gasteiger partial charge in [-0.15, -0.1) is 0 Å². The standard InChI is InChI=1S/C39H70NO8P/c1-3-5-7-9-11-13-15-17-18-20-21-23-25-27-29-31-38(42)40-33-34-47-49(44,45)48-36-37(41)35-46-39(43)32-30-28-26-24-22-19-16-14-12-10-8-6-4-2/h5,7,11,13-14,16-18,37,41H,3-4,6,8-10,12,15,19-36H2,1-2H3,(H,40,42)(H,44,45)/b7-5-,13-11-,16-14-,18-17-. The fraction of sp³-hybridized carbons (Fsp3) is 0.744. The van der Waals surface area contributed by atoms with Crippen molar-refractivity contribution >= 4 is 19.7 Å². The SMILES string of the molecule is CC/C=C\C/C=C\C/C=C\CCCCCCCC(=O)NCCOP(=O)(O)OCC(O)COC(=O)CCCCCCC/C=C\CCCCCC.